The highest BCUT2D eigenvalue weighted by molar-refractivity contribution is 5.78. The molecule has 0 spiro atoms. The fourth-order valence-electron chi connectivity index (χ4n) is 2.80. The Morgan fingerprint density at radius 3 is 3.00 bits per heavy atom. The summed E-state index contributed by atoms with van der Waals surface area (Å²) < 4.78 is 7.13. The number of rotatable bonds is 5. The van der Waals surface area contributed by atoms with E-state index in [-0.39, 0.29) is 18.4 Å². The fourth-order valence-corrected chi connectivity index (χ4v) is 2.80. The van der Waals surface area contributed by atoms with Crippen LogP contribution in [-0.4, -0.2) is 31.6 Å². The van der Waals surface area contributed by atoms with Gasteiger partial charge in [0.05, 0.1) is 12.7 Å². The Morgan fingerprint density at radius 2 is 2.27 bits per heavy atom. The van der Waals surface area contributed by atoms with Gasteiger partial charge in [0.15, 0.2) is 5.82 Å². The topological polar surface area (TPSA) is 85.8 Å². The van der Waals surface area contributed by atoms with Gasteiger partial charge in [-0.25, -0.2) is 4.98 Å². The number of amides is 1. The van der Waals surface area contributed by atoms with E-state index in [1.165, 1.54) is 19.3 Å². The molecule has 7 heteroatoms. The van der Waals surface area contributed by atoms with Crippen molar-refractivity contribution in [3.63, 3.8) is 0 Å². The fraction of sp³-hybridized carbons (Fsp3) is 0.600. The average Bonchev–Trinajstić information content (AvgIpc) is 3.19. The van der Waals surface area contributed by atoms with Crippen LogP contribution in [0.5, 0.6) is 0 Å². The SMILES string of the molecule is C[C@H](c1nc(CC(=O)NC2CCCCC2)no1)n1ccnc1. The van der Waals surface area contributed by atoms with Crippen LogP contribution in [0, 0.1) is 0 Å². The van der Waals surface area contributed by atoms with Gasteiger partial charge in [-0.3, -0.25) is 4.79 Å². The van der Waals surface area contributed by atoms with E-state index >= 15 is 0 Å². The molecule has 1 aliphatic rings. The highest BCUT2D eigenvalue weighted by Gasteiger charge is 2.19. The molecule has 1 atom stereocenters. The molecule has 2 heterocycles. The lowest BCUT2D eigenvalue weighted by atomic mass is 9.95. The van der Waals surface area contributed by atoms with Gasteiger partial charge in [-0.05, 0) is 19.8 Å². The second kappa shape index (κ2) is 6.72. The summed E-state index contributed by atoms with van der Waals surface area (Å²) in [6.45, 7) is 1.95. The van der Waals surface area contributed by atoms with Crippen LogP contribution in [0.1, 0.15) is 56.8 Å². The molecule has 7 nitrogen and oxygen atoms in total. The molecule has 0 saturated heterocycles. The Bertz CT molecular complexity index is 601. The largest absolute Gasteiger partial charge is 0.353 e. The Kier molecular flexibility index (Phi) is 4.50. The van der Waals surface area contributed by atoms with E-state index in [9.17, 15) is 4.79 Å². The summed E-state index contributed by atoms with van der Waals surface area (Å²) in [5.41, 5.74) is 0. The summed E-state index contributed by atoms with van der Waals surface area (Å²) in [6, 6.07) is 0.211. The molecule has 0 aliphatic heterocycles. The molecule has 2 aromatic rings. The van der Waals surface area contributed by atoms with Crippen LogP contribution >= 0.6 is 0 Å². The third kappa shape index (κ3) is 3.52. The van der Waals surface area contributed by atoms with Crippen LogP contribution in [0.4, 0.5) is 0 Å². The maximum atomic E-state index is 12.0. The summed E-state index contributed by atoms with van der Waals surface area (Å²) in [7, 11) is 0. The number of imidazole rings is 1. The summed E-state index contributed by atoms with van der Waals surface area (Å²) >= 11 is 0. The first kappa shape index (κ1) is 14.7. The number of nitrogens with zero attached hydrogens (tertiary/aromatic N) is 4. The Hall–Kier alpha value is -2.18. The van der Waals surface area contributed by atoms with Crippen molar-refractivity contribution < 1.29 is 9.32 Å². The van der Waals surface area contributed by atoms with E-state index < -0.39 is 0 Å². The first-order chi connectivity index (χ1) is 10.7. The van der Waals surface area contributed by atoms with Gasteiger partial charge in [0.2, 0.25) is 11.8 Å². The molecule has 2 aromatic heterocycles. The lowest BCUT2D eigenvalue weighted by Crippen LogP contribution is -2.37. The van der Waals surface area contributed by atoms with Gasteiger partial charge in [-0.1, -0.05) is 24.4 Å². The molecular weight excluding hydrogens is 282 g/mol. The zero-order valence-electron chi connectivity index (χ0n) is 12.7. The van der Waals surface area contributed by atoms with Crippen molar-refractivity contribution >= 4 is 5.91 Å². The first-order valence-electron chi connectivity index (χ1n) is 7.81. The molecule has 1 saturated carbocycles. The lowest BCUT2D eigenvalue weighted by Gasteiger charge is -2.22. The van der Waals surface area contributed by atoms with Crippen molar-refractivity contribution in [2.45, 2.75) is 57.5 Å². The van der Waals surface area contributed by atoms with Crippen molar-refractivity contribution in [2.75, 3.05) is 0 Å². The number of hydrogen-bond acceptors (Lipinski definition) is 5. The van der Waals surface area contributed by atoms with Crippen molar-refractivity contribution in [3.8, 4) is 0 Å². The Morgan fingerprint density at radius 1 is 1.45 bits per heavy atom. The van der Waals surface area contributed by atoms with E-state index in [0.29, 0.717) is 17.8 Å². The lowest BCUT2D eigenvalue weighted by molar-refractivity contribution is -0.121. The standard InChI is InChI=1S/C15H21N5O2/c1-11(20-8-7-16-10-20)15-18-13(19-22-15)9-14(21)17-12-5-3-2-4-6-12/h7-8,10-12H,2-6,9H2,1H3,(H,17,21)/t11-/m1/s1. The minimum Gasteiger partial charge on any atom is -0.353 e. The molecule has 0 bridgehead atoms. The van der Waals surface area contributed by atoms with Gasteiger partial charge in [-0.2, -0.15) is 4.98 Å². The van der Waals surface area contributed by atoms with Crippen LogP contribution in [0.3, 0.4) is 0 Å². The molecule has 0 radical (unpaired) electrons. The van der Waals surface area contributed by atoms with E-state index in [2.05, 4.69) is 20.4 Å². The van der Waals surface area contributed by atoms with E-state index in [1.807, 2.05) is 17.7 Å². The molecule has 118 valence electrons. The second-order valence-electron chi connectivity index (χ2n) is 5.81. The van der Waals surface area contributed by atoms with Crippen LogP contribution in [0.25, 0.3) is 0 Å². The van der Waals surface area contributed by atoms with Gasteiger partial charge in [-0.15, -0.1) is 0 Å². The van der Waals surface area contributed by atoms with Gasteiger partial charge >= 0.3 is 0 Å². The molecule has 22 heavy (non-hydrogen) atoms. The van der Waals surface area contributed by atoms with E-state index in [4.69, 9.17) is 4.52 Å². The number of nitrogens with one attached hydrogen (secondary N) is 1. The zero-order valence-corrected chi connectivity index (χ0v) is 12.7. The summed E-state index contributed by atoms with van der Waals surface area (Å²) in [6.07, 6.45) is 11.2. The minimum atomic E-state index is -0.0924. The molecule has 1 N–H and O–H groups in total. The quantitative estimate of drug-likeness (QED) is 0.911. The monoisotopic (exact) mass is 303 g/mol. The van der Waals surface area contributed by atoms with Crippen molar-refractivity contribution in [1.82, 2.24) is 25.0 Å². The summed E-state index contributed by atoms with van der Waals surface area (Å²) in [5.74, 6) is 0.878. The second-order valence-corrected chi connectivity index (χ2v) is 5.81. The highest BCUT2D eigenvalue weighted by atomic mass is 16.5. The molecule has 1 amide bonds. The summed E-state index contributed by atoms with van der Waals surface area (Å²) in [4.78, 5) is 20.4. The van der Waals surface area contributed by atoms with E-state index in [1.54, 1.807) is 12.5 Å². The smallest absolute Gasteiger partial charge is 0.249 e. The molecule has 0 unspecified atom stereocenters. The molecular formula is C15H21N5O2. The molecule has 1 fully saturated rings. The van der Waals surface area contributed by atoms with Crippen LogP contribution in [0.2, 0.25) is 0 Å². The maximum absolute atomic E-state index is 12.0. The van der Waals surface area contributed by atoms with Crippen molar-refractivity contribution in [3.05, 3.63) is 30.4 Å². The Balaban J connectivity index is 1.56. The van der Waals surface area contributed by atoms with Gasteiger partial charge < -0.3 is 14.4 Å². The number of aromatic nitrogens is 4. The van der Waals surface area contributed by atoms with E-state index in [0.717, 1.165) is 12.8 Å². The van der Waals surface area contributed by atoms with Crippen molar-refractivity contribution in [1.29, 1.82) is 0 Å². The predicted octanol–water partition coefficient (Wildman–Crippen LogP) is 1.87. The third-order valence-corrected chi connectivity index (χ3v) is 4.10. The van der Waals surface area contributed by atoms with Crippen molar-refractivity contribution in [2.24, 2.45) is 0 Å². The predicted molar refractivity (Wildman–Crippen MR) is 79.1 cm³/mol. The zero-order chi connectivity index (χ0) is 15.4. The van der Waals surface area contributed by atoms with Gasteiger partial charge in [0.25, 0.3) is 0 Å². The van der Waals surface area contributed by atoms with Gasteiger partial charge in [0, 0.05) is 18.4 Å². The number of carbonyl (C=O) groups is 1. The third-order valence-electron chi connectivity index (χ3n) is 4.10. The molecule has 1 aliphatic carbocycles. The maximum Gasteiger partial charge on any atom is 0.249 e. The van der Waals surface area contributed by atoms with Crippen LogP contribution < -0.4 is 5.32 Å². The van der Waals surface area contributed by atoms with Crippen LogP contribution in [0.15, 0.2) is 23.2 Å². The normalized spacial score (nSPS) is 17.3. The Labute approximate surface area is 129 Å². The number of hydrogen-bond donors (Lipinski definition) is 1. The van der Waals surface area contributed by atoms with Gasteiger partial charge in [0.1, 0.15) is 6.04 Å². The average molecular weight is 303 g/mol. The van der Waals surface area contributed by atoms with Crippen LogP contribution in [-0.2, 0) is 11.2 Å². The minimum absolute atomic E-state index is 0.0328. The first-order valence-corrected chi connectivity index (χ1v) is 7.81. The molecule has 0 aromatic carbocycles. The number of carbonyl (C=O) groups excluding carboxylic acids is 1. The summed E-state index contributed by atoms with van der Waals surface area (Å²) in [5, 5.41) is 6.96. The molecule has 3 rings (SSSR count). The highest BCUT2D eigenvalue weighted by Crippen LogP contribution is 2.18.